The highest BCUT2D eigenvalue weighted by atomic mass is 19.1. The largest absolute Gasteiger partial charge is 0.423 e. The Hall–Kier alpha value is -2.23. The molecule has 0 saturated heterocycles. The third-order valence-corrected chi connectivity index (χ3v) is 2.35. The van der Waals surface area contributed by atoms with E-state index in [-0.39, 0.29) is 5.56 Å². The first-order valence-corrected chi connectivity index (χ1v) is 5.30. The first kappa shape index (κ1) is 12.2. The summed E-state index contributed by atoms with van der Waals surface area (Å²) in [6.07, 6.45) is 0. The molecule has 0 atom stereocenters. The molecule has 0 saturated carbocycles. The molecule has 2 aromatic rings. The first-order chi connectivity index (χ1) is 8.56. The van der Waals surface area contributed by atoms with E-state index in [9.17, 15) is 13.6 Å². The van der Waals surface area contributed by atoms with Gasteiger partial charge in [-0.3, -0.25) is 0 Å². The van der Waals surface area contributed by atoms with Crippen LogP contribution in [-0.4, -0.2) is 5.97 Å². The highest BCUT2D eigenvalue weighted by molar-refractivity contribution is 5.91. The predicted molar refractivity (Wildman–Crippen MR) is 62.5 cm³/mol. The molecule has 0 amide bonds. The Morgan fingerprint density at radius 1 is 1.11 bits per heavy atom. The fraction of sp³-hybridized carbons (Fsp3) is 0.0714. The molecule has 92 valence electrons. The minimum atomic E-state index is -0.937. The summed E-state index contributed by atoms with van der Waals surface area (Å²) in [5.41, 5.74) is 0.623. The molecule has 2 aromatic carbocycles. The maximum absolute atomic E-state index is 13.3. The number of rotatable bonds is 2. The van der Waals surface area contributed by atoms with Gasteiger partial charge in [-0.05, 0) is 36.8 Å². The fourth-order valence-electron chi connectivity index (χ4n) is 1.50. The number of carbonyl (C=O) groups excluding carboxylic acids is 1. The van der Waals surface area contributed by atoms with Crippen LogP contribution in [0.25, 0.3) is 0 Å². The number of hydrogen-bond donors (Lipinski definition) is 0. The Labute approximate surface area is 103 Å². The lowest BCUT2D eigenvalue weighted by atomic mass is 10.2. The van der Waals surface area contributed by atoms with Crippen LogP contribution in [0.5, 0.6) is 5.75 Å². The Balaban J connectivity index is 2.22. The summed E-state index contributed by atoms with van der Waals surface area (Å²) >= 11 is 0. The molecule has 4 heteroatoms. The lowest BCUT2D eigenvalue weighted by Gasteiger charge is -2.05. The van der Waals surface area contributed by atoms with Crippen LogP contribution in [0.3, 0.4) is 0 Å². The zero-order valence-electron chi connectivity index (χ0n) is 9.61. The van der Waals surface area contributed by atoms with Crippen molar-refractivity contribution in [1.29, 1.82) is 0 Å². The lowest BCUT2D eigenvalue weighted by Crippen LogP contribution is -2.10. The average molecular weight is 248 g/mol. The standard InChI is InChI=1S/C14H10F2O2/c1-9-3-2-4-11(7-9)18-14(17)12-6-5-10(15)8-13(12)16/h2-8H,1H3. The van der Waals surface area contributed by atoms with Gasteiger partial charge in [0.25, 0.3) is 0 Å². The van der Waals surface area contributed by atoms with E-state index in [4.69, 9.17) is 4.74 Å². The zero-order valence-corrected chi connectivity index (χ0v) is 9.61. The second kappa shape index (κ2) is 4.96. The van der Waals surface area contributed by atoms with Crippen molar-refractivity contribution in [3.63, 3.8) is 0 Å². The average Bonchev–Trinajstić information content (AvgIpc) is 2.28. The molecule has 2 nitrogen and oxygen atoms in total. The molecule has 0 spiro atoms. The van der Waals surface area contributed by atoms with Crippen molar-refractivity contribution in [3.8, 4) is 5.75 Å². The normalized spacial score (nSPS) is 10.2. The Morgan fingerprint density at radius 3 is 2.56 bits per heavy atom. The summed E-state index contributed by atoms with van der Waals surface area (Å²) in [7, 11) is 0. The number of carbonyl (C=O) groups is 1. The van der Waals surface area contributed by atoms with Crippen molar-refractivity contribution >= 4 is 5.97 Å². The third-order valence-electron chi connectivity index (χ3n) is 2.35. The molecule has 0 unspecified atom stereocenters. The van der Waals surface area contributed by atoms with Crippen LogP contribution in [-0.2, 0) is 0 Å². The molecule has 0 heterocycles. The highest BCUT2D eigenvalue weighted by Gasteiger charge is 2.14. The van der Waals surface area contributed by atoms with E-state index in [1.807, 2.05) is 13.0 Å². The molecular formula is C14H10F2O2. The number of hydrogen-bond acceptors (Lipinski definition) is 2. The quantitative estimate of drug-likeness (QED) is 0.600. The van der Waals surface area contributed by atoms with Crippen molar-refractivity contribution in [2.45, 2.75) is 6.92 Å². The predicted octanol–water partition coefficient (Wildman–Crippen LogP) is 3.49. The molecule has 0 aliphatic carbocycles. The second-order valence-corrected chi connectivity index (χ2v) is 3.83. The van der Waals surface area contributed by atoms with E-state index >= 15 is 0 Å². The molecule has 0 N–H and O–H groups in total. The van der Waals surface area contributed by atoms with Gasteiger partial charge in [-0.2, -0.15) is 0 Å². The number of aryl methyl sites for hydroxylation is 1. The van der Waals surface area contributed by atoms with Gasteiger partial charge in [0, 0.05) is 6.07 Å². The summed E-state index contributed by atoms with van der Waals surface area (Å²) in [5, 5.41) is 0. The van der Waals surface area contributed by atoms with E-state index in [1.165, 1.54) is 0 Å². The molecule has 18 heavy (non-hydrogen) atoms. The van der Waals surface area contributed by atoms with E-state index in [2.05, 4.69) is 0 Å². The molecule has 0 fully saturated rings. The van der Waals surface area contributed by atoms with Gasteiger partial charge in [-0.25, -0.2) is 13.6 Å². The van der Waals surface area contributed by atoms with Crippen LogP contribution in [0.1, 0.15) is 15.9 Å². The number of esters is 1. The van der Waals surface area contributed by atoms with Crippen LogP contribution < -0.4 is 4.74 Å². The van der Waals surface area contributed by atoms with Gasteiger partial charge in [0.1, 0.15) is 17.4 Å². The molecule has 0 radical (unpaired) electrons. The SMILES string of the molecule is Cc1cccc(OC(=O)c2ccc(F)cc2F)c1. The maximum Gasteiger partial charge on any atom is 0.346 e. The van der Waals surface area contributed by atoms with Crippen molar-refractivity contribution < 1.29 is 18.3 Å². The number of halogens is 2. The molecule has 0 aliphatic rings. The summed E-state index contributed by atoms with van der Waals surface area (Å²) in [6.45, 7) is 1.84. The van der Waals surface area contributed by atoms with E-state index in [1.54, 1.807) is 18.2 Å². The zero-order chi connectivity index (χ0) is 13.1. The third kappa shape index (κ3) is 2.71. The van der Waals surface area contributed by atoms with Crippen LogP contribution in [0.15, 0.2) is 42.5 Å². The Morgan fingerprint density at radius 2 is 1.89 bits per heavy atom. The van der Waals surface area contributed by atoms with E-state index < -0.39 is 17.6 Å². The van der Waals surface area contributed by atoms with Crippen molar-refractivity contribution in [3.05, 3.63) is 65.2 Å². The Bertz CT molecular complexity index is 594. The second-order valence-electron chi connectivity index (χ2n) is 3.83. The van der Waals surface area contributed by atoms with Crippen molar-refractivity contribution in [2.24, 2.45) is 0 Å². The molecular weight excluding hydrogens is 238 g/mol. The van der Waals surface area contributed by atoms with Crippen LogP contribution in [0, 0.1) is 18.6 Å². The minimum absolute atomic E-state index is 0.294. The van der Waals surface area contributed by atoms with Gasteiger partial charge in [0.05, 0.1) is 5.56 Å². The van der Waals surface area contributed by atoms with E-state index in [0.29, 0.717) is 11.8 Å². The van der Waals surface area contributed by atoms with E-state index in [0.717, 1.165) is 17.7 Å². The van der Waals surface area contributed by atoms with Gasteiger partial charge in [0.15, 0.2) is 0 Å². The van der Waals surface area contributed by atoms with Crippen LogP contribution in [0.2, 0.25) is 0 Å². The number of benzene rings is 2. The smallest absolute Gasteiger partial charge is 0.346 e. The monoisotopic (exact) mass is 248 g/mol. The van der Waals surface area contributed by atoms with Gasteiger partial charge in [-0.1, -0.05) is 12.1 Å². The fourth-order valence-corrected chi connectivity index (χ4v) is 1.50. The van der Waals surface area contributed by atoms with Crippen molar-refractivity contribution in [1.82, 2.24) is 0 Å². The van der Waals surface area contributed by atoms with Gasteiger partial charge >= 0.3 is 5.97 Å². The summed E-state index contributed by atoms with van der Waals surface area (Å²) < 4.78 is 31.0. The molecule has 0 aromatic heterocycles. The first-order valence-electron chi connectivity index (χ1n) is 5.30. The van der Waals surface area contributed by atoms with Crippen LogP contribution >= 0.6 is 0 Å². The lowest BCUT2D eigenvalue weighted by molar-refractivity contribution is 0.0730. The summed E-state index contributed by atoms with van der Waals surface area (Å²) in [6, 6.07) is 9.52. The van der Waals surface area contributed by atoms with Gasteiger partial charge < -0.3 is 4.74 Å². The highest BCUT2D eigenvalue weighted by Crippen LogP contribution is 2.16. The topological polar surface area (TPSA) is 26.3 Å². The Kier molecular flexibility index (Phi) is 3.37. The molecule has 0 bridgehead atoms. The van der Waals surface area contributed by atoms with Gasteiger partial charge in [-0.15, -0.1) is 0 Å². The molecule has 0 aliphatic heterocycles. The van der Waals surface area contributed by atoms with Gasteiger partial charge in [0.2, 0.25) is 0 Å². The number of ether oxygens (including phenoxy) is 1. The van der Waals surface area contributed by atoms with Crippen LogP contribution in [0.4, 0.5) is 8.78 Å². The summed E-state index contributed by atoms with van der Waals surface area (Å²) in [5.74, 6) is -2.20. The molecule has 2 rings (SSSR count). The maximum atomic E-state index is 13.3. The minimum Gasteiger partial charge on any atom is -0.423 e. The summed E-state index contributed by atoms with van der Waals surface area (Å²) in [4.78, 5) is 11.7. The van der Waals surface area contributed by atoms with Crippen molar-refractivity contribution in [2.75, 3.05) is 0 Å².